The topological polar surface area (TPSA) is 79.8 Å². The van der Waals surface area contributed by atoms with Crippen molar-refractivity contribution >= 4 is 17.0 Å². The van der Waals surface area contributed by atoms with Crippen LogP contribution in [0.2, 0.25) is 0 Å². The molecule has 0 bridgehead atoms. The Kier molecular flexibility index (Phi) is 2.99. The van der Waals surface area contributed by atoms with Crippen LogP contribution in [0, 0.1) is 13.8 Å². The summed E-state index contributed by atoms with van der Waals surface area (Å²) in [5.74, 6) is 0. The third-order valence-electron chi connectivity index (χ3n) is 6.05. The van der Waals surface area contributed by atoms with Gasteiger partial charge in [0.05, 0.1) is 23.3 Å². The van der Waals surface area contributed by atoms with Gasteiger partial charge in [-0.1, -0.05) is 0 Å². The average molecular weight is 404 g/mol. The summed E-state index contributed by atoms with van der Waals surface area (Å²) >= 11 is 0. The van der Waals surface area contributed by atoms with E-state index < -0.39 is 6.85 Å². The maximum absolute atomic E-state index is 13.0. The molecule has 2 aliphatic rings. The van der Waals surface area contributed by atoms with Gasteiger partial charge in [-0.2, -0.15) is 5.10 Å². The molecular formula is C22H23N7O. The highest BCUT2D eigenvalue weighted by atomic mass is 16.1. The molecule has 1 N–H and O–H groups in total. The minimum absolute atomic E-state index is 0.0747. The summed E-state index contributed by atoms with van der Waals surface area (Å²) in [6.07, 6.45) is 5.87. The molecule has 2 fully saturated rings. The smallest absolute Gasteiger partial charge is 0.258 e. The first kappa shape index (κ1) is 14.7. The Hall–Kier alpha value is -3.26. The Balaban J connectivity index is 1.44. The van der Waals surface area contributed by atoms with Gasteiger partial charge in [0, 0.05) is 41.5 Å². The van der Waals surface area contributed by atoms with E-state index in [-0.39, 0.29) is 22.3 Å². The standard InChI is InChI=1S/C22H23N7O/c1-14-9-18(26-29-11-15(2)24-21(14)29)17-10-20(30)28-12-16(3-4-19(28)25-17)27-8-7-23-22(13-27)5-6-22/h3-4,9-12,23H,5-8,13H2,1-2H3/i1D3. The van der Waals surface area contributed by atoms with E-state index in [9.17, 15) is 4.79 Å². The van der Waals surface area contributed by atoms with E-state index in [4.69, 9.17) is 4.11 Å². The van der Waals surface area contributed by atoms with Crippen molar-refractivity contribution in [3.8, 4) is 11.4 Å². The number of rotatable bonds is 2. The van der Waals surface area contributed by atoms with Crippen LogP contribution in [0.4, 0.5) is 5.69 Å². The molecule has 1 saturated carbocycles. The molecule has 152 valence electrons. The second-order valence-electron chi connectivity index (χ2n) is 8.32. The monoisotopic (exact) mass is 404 g/mol. The van der Waals surface area contributed by atoms with Gasteiger partial charge in [0.1, 0.15) is 11.3 Å². The van der Waals surface area contributed by atoms with Crippen LogP contribution in [0.3, 0.4) is 0 Å². The van der Waals surface area contributed by atoms with Crippen molar-refractivity contribution in [2.45, 2.75) is 32.2 Å². The van der Waals surface area contributed by atoms with Crippen LogP contribution in [-0.4, -0.2) is 49.2 Å². The van der Waals surface area contributed by atoms with Crippen LogP contribution >= 0.6 is 0 Å². The predicted molar refractivity (Wildman–Crippen MR) is 115 cm³/mol. The SMILES string of the molecule is [2H]C([2H])([2H])c1cc(-c2cc(=O)n3cc(N4CCNC5(CC5)C4)ccc3n2)nn2cc(C)nc12. The first-order valence-electron chi connectivity index (χ1n) is 11.6. The number of aromatic nitrogens is 5. The van der Waals surface area contributed by atoms with Crippen molar-refractivity contribution in [3.63, 3.8) is 0 Å². The highest BCUT2D eigenvalue weighted by molar-refractivity contribution is 5.62. The molecule has 0 amide bonds. The van der Waals surface area contributed by atoms with Crippen molar-refractivity contribution in [2.75, 3.05) is 24.5 Å². The van der Waals surface area contributed by atoms with Gasteiger partial charge < -0.3 is 10.2 Å². The van der Waals surface area contributed by atoms with Crippen molar-refractivity contribution in [3.05, 3.63) is 58.3 Å². The Morgan fingerprint density at radius 1 is 1.17 bits per heavy atom. The first-order chi connectivity index (χ1) is 15.7. The second kappa shape index (κ2) is 6.12. The van der Waals surface area contributed by atoms with E-state index in [1.54, 1.807) is 13.1 Å². The minimum atomic E-state index is -2.38. The number of hydrogen-bond donors (Lipinski definition) is 1. The number of aryl methyl sites for hydroxylation is 2. The molecule has 1 aliphatic carbocycles. The number of pyridine rings is 1. The quantitative estimate of drug-likeness (QED) is 0.550. The summed E-state index contributed by atoms with van der Waals surface area (Å²) in [6.45, 7) is 2.15. The molecule has 0 radical (unpaired) electrons. The predicted octanol–water partition coefficient (Wildman–Crippen LogP) is 1.96. The summed E-state index contributed by atoms with van der Waals surface area (Å²) in [4.78, 5) is 24.3. The van der Waals surface area contributed by atoms with E-state index in [2.05, 4.69) is 25.3 Å². The lowest BCUT2D eigenvalue weighted by Crippen LogP contribution is -2.52. The van der Waals surface area contributed by atoms with Gasteiger partial charge in [-0.15, -0.1) is 0 Å². The maximum Gasteiger partial charge on any atom is 0.258 e. The number of fused-ring (bicyclic) bond motifs is 2. The van der Waals surface area contributed by atoms with E-state index in [0.29, 0.717) is 22.7 Å². The van der Waals surface area contributed by atoms with Crippen LogP contribution in [0.5, 0.6) is 0 Å². The molecule has 0 unspecified atom stereocenters. The molecule has 1 saturated heterocycles. The fourth-order valence-corrected chi connectivity index (χ4v) is 4.29. The zero-order valence-corrected chi connectivity index (χ0v) is 16.6. The van der Waals surface area contributed by atoms with Gasteiger partial charge in [-0.3, -0.25) is 9.20 Å². The molecule has 0 atom stereocenters. The van der Waals surface area contributed by atoms with Gasteiger partial charge in [-0.05, 0) is 50.4 Å². The molecule has 8 heteroatoms. The molecule has 30 heavy (non-hydrogen) atoms. The molecule has 4 aromatic rings. The molecule has 1 aliphatic heterocycles. The van der Waals surface area contributed by atoms with Crippen molar-refractivity contribution in [1.29, 1.82) is 0 Å². The second-order valence-corrected chi connectivity index (χ2v) is 8.32. The zero-order chi connectivity index (χ0) is 23.0. The van der Waals surface area contributed by atoms with E-state index >= 15 is 0 Å². The number of nitrogens with zero attached hydrogens (tertiary/aromatic N) is 6. The summed E-state index contributed by atoms with van der Waals surface area (Å²) in [6, 6.07) is 6.67. The average Bonchev–Trinajstić information content (AvgIpc) is 3.39. The Labute approximate surface area is 177 Å². The largest absolute Gasteiger partial charge is 0.367 e. The van der Waals surface area contributed by atoms with Crippen molar-refractivity contribution in [1.82, 2.24) is 29.3 Å². The summed E-state index contributed by atoms with van der Waals surface area (Å²) < 4.78 is 26.7. The van der Waals surface area contributed by atoms with Crippen molar-refractivity contribution < 1.29 is 4.11 Å². The normalized spacial score (nSPS) is 19.8. The van der Waals surface area contributed by atoms with Crippen LogP contribution in [0.25, 0.3) is 22.7 Å². The first-order valence-corrected chi connectivity index (χ1v) is 10.1. The summed E-state index contributed by atoms with van der Waals surface area (Å²) in [5, 5.41) is 8.08. The Morgan fingerprint density at radius 2 is 2.07 bits per heavy atom. The van der Waals surface area contributed by atoms with Crippen LogP contribution in [0.15, 0.2) is 41.5 Å². The molecule has 1 spiro atoms. The third kappa shape index (κ3) is 2.79. The number of anilines is 1. The molecule has 4 aromatic heterocycles. The van der Waals surface area contributed by atoms with Crippen LogP contribution < -0.4 is 15.8 Å². The molecule has 8 nitrogen and oxygen atoms in total. The Bertz CT molecular complexity index is 1470. The molecule has 6 rings (SSSR count). The fourth-order valence-electron chi connectivity index (χ4n) is 4.29. The maximum atomic E-state index is 13.0. The number of piperazine rings is 1. The Morgan fingerprint density at radius 3 is 2.90 bits per heavy atom. The highest BCUT2D eigenvalue weighted by Crippen LogP contribution is 2.38. The van der Waals surface area contributed by atoms with Gasteiger partial charge in [0.25, 0.3) is 5.56 Å². The lowest BCUT2D eigenvalue weighted by atomic mass is 10.1. The van der Waals surface area contributed by atoms with Gasteiger partial charge in [-0.25, -0.2) is 14.5 Å². The number of nitrogens with one attached hydrogen (secondary N) is 1. The van der Waals surface area contributed by atoms with E-state index in [1.807, 2.05) is 18.3 Å². The van der Waals surface area contributed by atoms with Gasteiger partial charge in [0.15, 0.2) is 5.65 Å². The number of imidazole rings is 1. The molecule has 5 heterocycles. The summed E-state index contributed by atoms with van der Waals surface area (Å²) in [5.41, 5.74) is 3.11. The zero-order valence-electron chi connectivity index (χ0n) is 19.6. The lowest BCUT2D eigenvalue weighted by Gasteiger charge is -2.35. The van der Waals surface area contributed by atoms with Crippen LogP contribution in [0.1, 0.15) is 28.2 Å². The lowest BCUT2D eigenvalue weighted by molar-refractivity contribution is 0.442. The molecular weight excluding hydrogens is 378 g/mol. The van der Waals surface area contributed by atoms with E-state index in [1.165, 1.54) is 33.9 Å². The molecule has 0 aromatic carbocycles. The number of hydrogen-bond acceptors (Lipinski definition) is 6. The van der Waals surface area contributed by atoms with Crippen molar-refractivity contribution in [2.24, 2.45) is 0 Å². The highest BCUT2D eigenvalue weighted by Gasteiger charge is 2.45. The van der Waals surface area contributed by atoms with E-state index in [0.717, 1.165) is 25.3 Å². The van der Waals surface area contributed by atoms with Gasteiger partial charge in [0.2, 0.25) is 0 Å². The fraction of sp³-hybridized carbons (Fsp3) is 0.364. The van der Waals surface area contributed by atoms with Gasteiger partial charge >= 0.3 is 0 Å². The third-order valence-corrected chi connectivity index (χ3v) is 6.05. The van der Waals surface area contributed by atoms with Crippen LogP contribution in [-0.2, 0) is 0 Å². The summed E-state index contributed by atoms with van der Waals surface area (Å²) in [7, 11) is 0. The minimum Gasteiger partial charge on any atom is -0.367 e.